The van der Waals surface area contributed by atoms with Gasteiger partial charge in [-0.2, -0.15) is 0 Å². The zero-order chi connectivity index (χ0) is 13.4. The van der Waals surface area contributed by atoms with Crippen molar-refractivity contribution in [1.29, 1.82) is 0 Å². The number of benzene rings is 2. The van der Waals surface area contributed by atoms with Crippen molar-refractivity contribution in [2.45, 2.75) is 18.2 Å². The summed E-state index contributed by atoms with van der Waals surface area (Å²) in [6.45, 7) is 0. The molecule has 3 rings (SSSR count). The number of hydrogen-bond donors (Lipinski definition) is 0. The van der Waals surface area contributed by atoms with Crippen LogP contribution in [0.3, 0.4) is 0 Å². The van der Waals surface area contributed by atoms with Crippen LogP contribution in [0, 0.1) is 11.7 Å². The van der Waals surface area contributed by atoms with Crippen LogP contribution in [-0.2, 0) is 12.8 Å². The first kappa shape index (κ1) is 13.1. The Morgan fingerprint density at radius 1 is 1.21 bits per heavy atom. The van der Waals surface area contributed by atoms with Gasteiger partial charge in [-0.05, 0) is 53.6 Å². The predicted octanol–water partition coefficient (Wildman–Crippen LogP) is 5.28. The maximum Gasteiger partial charge on any atom is 0.123 e. The molecule has 19 heavy (non-hydrogen) atoms. The summed E-state index contributed by atoms with van der Waals surface area (Å²) in [4.78, 5) is 0. The third kappa shape index (κ3) is 2.56. The molecule has 0 aliphatic heterocycles. The van der Waals surface area contributed by atoms with E-state index in [0.29, 0.717) is 5.92 Å². The average Bonchev–Trinajstić information content (AvgIpc) is 2.72. The lowest BCUT2D eigenvalue weighted by Crippen LogP contribution is -2.07. The van der Waals surface area contributed by atoms with Gasteiger partial charge in [-0.15, -0.1) is 11.6 Å². The molecule has 0 amide bonds. The van der Waals surface area contributed by atoms with Gasteiger partial charge in [0.1, 0.15) is 5.82 Å². The van der Waals surface area contributed by atoms with Crippen LogP contribution >= 0.6 is 27.5 Å². The first-order chi connectivity index (χ1) is 9.15. The molecular formula is C16H13BrClF. The summed E-state index contributed by atoms with van der Waals surface area (Å²) >= 11 is 10.0. The highest BCUT2D eigenvalue weighted by molar-refractivity contribution is 9.10. The highest BCUT2D eigenvalue weighted by Gasteiger charge is 2.30. The van der Waals surface area contributed by atoms with Crippen molar-refractivity contribution in [2.75, 3.05) is 0 Å². The Morgan fingerprint density at radius 3 is 2.79 bits per heavy atom. The molecule has 0 spiro atoms. The van der Waals surface area contributed by atoms with E-state index in [1.807, 2.05) is 12.1 Å². The lowest BCUT2D eigenvalue weighted by Gasteiger charge is -2.15. The Kier molecular flexibility index (Phi) is 3.64. The second kappa shape index (κ2) is 5.26. The fourth-order valence-corrected chi connectivity index (χ4v) is 3.59. The third-order valence-corrected chi connectivity index (χ3v) is 5.10. The van der Waals surface area contributed by atoms with E-state index >= 15 is 0 Å². The Morgan fingerprint density at radius 2 is 2.00 bits per heavy atom. The lowest BCUT2D eigenvalue weighted by atomic mass is 9.96. The van der Waals surface area contributed by atoms with Crippen LogP contribution in [0.25, 0.3) is 0 Å². The van der Waals surface area contributed by atoms with E-state index in [-0.39, 0.29) is 11.2 Å². The van der Waals surface area contributed by atoms with Gasteiger partial charge in [0.15, 0.2) is 0 Å². The normalized spacial score (nSPS) is 21.4. The minimum Gasteiger partial charge on any atom is -0.207 e. The molecule has 1 aliphatic carbocycles. The van der Waals surface area contributed by atoms with E-state index < -0.39 is 0 Å². The van der Waals surface area contributed by atoms with Crippen molar-refractivity contribution in [1.82, 2.24) is 0 Å². The van der Waals surface area contributed by atoms with Crippen LogP contribution in [0.2, 0.25) is 0 Å². The van der Waals surface area contributed by atoms with Crippen molar-refractivity contribution in [3.05, 3.63) is 69.4 Å². The summed E-state index contributed by atoms with van der Waals surface area (Å²) in [6, 6.07) is 13.1. The Labute approximate surface area is 125 Å². The van der Waals surface area contributed by atoms with E-state index in [0.717, 1.165) is 22.9 Å². The van der Waals surface area contributed by atoms with E-state index in [2.05, 4.69) is 28.1 Å². The zero-order valence-corrected chi connectivity index (χ0v) is 12.6. The predicted molar refractivity (Wildman–Crippen MR) is 80.0 cm³/mol. The summed E-state index contributed by atoms with van der Waals surface area (Å²) in [5, 5.41) is 0.0198. The molecule has 98 valence electrons. The minimum absolute atomic E-state index is 0.0198. The molecule has 0 heterocycles. The lowest BCUT2D eigenvalue weighted by molar-refractivity contribution is 0.538. The largest absolute Gasteiger partial charge is 0.207 e. The number of hydrogen-bond acceptors (Lipinski definition) is 0. The Balaban J connectivity index is 1.85. The van der Waals surface area contributed by atoms with E-state index in [4.69, 9.17) is 11.6 Å². The highest BCUT2D eigenvalue weighted by Crippen LogP contribution is 2.42. The van der Waals surface area contributed by atoms with Gasteiger partial charge >= 0.3 is 0 Å². The van der Waals surface area contributed by atoms with Crippen molar-refractivity contribution < 1.29 is 4.39 Å². The zero-order valence-electron chi connectivity index (χ0n) is 10.2. The van der Waals surface area contributed by atoms with E-state index in [1.165, 1.54) is 17.2 Å². The summed E-state index contributed by atoms with van der Waals surface area (Å²) < 4.78 is 14.3. The van der Waals surface area contributed by atoms with E-state index in [9.17, 15) is 4.39 Å². The molecule has 0 bridgehead atoms. The second-order valence-corrected chi connectivity index (χ2v) is 6.33. The standard InChI is InChI=1S/C16H13BrClF/c17-15-6-5-13(19)9-11(15)8-12-7-10-3-1-2-4-14(10)16(12)18/h1-6,9,12,16H,7-8H2. The molecule has 0 saturated carbocycles. The SMILES string of the molecule is Fc1ccc(Br)c(CC2Cc3ccccc3C2Cl)c1. The molecule has 2 unspecified atom stereocenters. The van der Waals surface area contributed by atoms with Crippen LogP contribution in [-0.4, -0.2) is 0 Å². The fourth-order valence-electron chi connectivity index (χ4n) is 2.79. The van der Waals surface area contributed by atoms with Crippen LogP contribution in [0.4, 0.5) is 4.39 Å². The molecule has 3 heteroatoms. The summed E-state index contributed by atoms with van der Waals surface area (Å²) in [7, 11) is 0. The molecular weight excluding hydrogens is 327 g/mol. The summed E-state index contributed by atoms with van der Waals surface area (Å²) in [6.07, 6.45) is 1.76. The van der Waals surface area contributed by atoms with Gasteiger partial charge in [-0.1, -0.05) is 40.2 Å². The number of alkyl halides is 1. The molecule has 2 aromatic rings. The van der Waals surface area contributed by atoms with Crippen LogP contribution in [0.5, 0.6) is 0 Å². The molecule has 0 aromatic heterocycles. The molecule has 2 aromatic carbocycles. The van der Waals surface area contributed by atoms with Gasteiger partial charge in [-0.25, -0.2) is 4.39 Å². The Hall–Kier alpha value is -0.860. The van der Waals surface area contributed by atoms with Crippen molar-refractivity contribution in [3.63, 3.8) is 0 Å². The first-order valence-corrected chi connectivity index (χ1v) is 7.54. The monoisotopic (exact) mass is 338 g/mol. The maximum atomic E-state index is 13.3. The average molecular weight is 340 g/mol. The van der Waals surface area contributed by atoms with Crippen LogP contribution in [0.1, 0.15) is 22.1 Å². The summed E-state index contributed by atoms with van der Waals surface area (Å²) in [5.74, 6) is 0.136. The summed E-state index contributed by atoms with van der Waals surface area (Å²) in [5.41, 5.74) is 3.53. The number of halogens is 3. The molecule has 0 fully saturated rings. The molecule has 1 aliphatic rings. The number of rotatable bonds is 2. The third-order valence-electron chi connectivity index (χ3n) is 3.74. The smallest absolute Gasteiger partial charge is 0.123 e. The quantitative estimate of drug-likeness (QED) is 0.653. The first-order valence-electron chi connectivity index (χ1n) is 6.31. The van der Waals surface area contributed by atoms with Gasteiger partial charge in [-0.3, -0.25) is 0 Å². The van der Waals surface area contributed by atoms with Gasteiger partial charge < -0.3 is 0 Å². The molecule has 0 saturated heterocycles. The van der Waals surface area contributed by atoms with Gasteiger partial charge in [0.25, 0.3) is 0 Å². The minimum atomic E-state index is -0.195. The van der Waals surface area contributed by atoms with Crippen LogP contribution < -0.4 is 0 Å². The second-order valence-electron chi connectivity index (χ2n) is 5.00. The van der Waals surface area contributed by atoms with Gasteiger partial charge in [0, 0.05) is 4.47 Å². The molecule has 2 atom stereocenters. The van der Waals surface area contributed by atoms with Crippen molar-refractivity contribution in [3.8, 4) is 0 Å². The molecule has 0 nitrogen and oxygen atoms in total. The van der Waals surface area contributed by atoms with E-state index in [1.54, 1.807) is 12.1 Å². The topological polar surface area (TPSA) is 0 Å². The van der Waals surface area contributed by atoms with Crippen LogP contribution in [0.15, 0.2) is 46.9 Å². The molecule has 0 N–H and O–H groups in total. The maximum absolute atomic E-state index is 13.3. The van der Waals surface area contributed by atoms with Gasteiger partial charge in [0.05, 0.1) is 5.38 Å². The highest BCUT2D eigenvalue weighted by atomic mass is 79.9. The van der Waals surface area contributed by atoms with Crippen molar-refractivity contribution >= 4 is 27.5 Å². The van der Waals surface area contributed by atoms with Gasteiger partial charge in [0.2, 0.25) is 0 Å². The van der Waals surface area contributed by atoms with Crippen molar-refractivity contribution in [2.24, 2.45) is 5.92 Å². The number of fused-ring (bicyclic) bond motifs is 1. The fraction of sp³-hybridized carbons (Fsp3) is 0.250. The Bertz CT molecular complexity index is 611. The molecule has 0 radical (unpaired) electrons.